The molecule has 22 heavy (non-hydrogen) atoms. The Bertz CT molecular complexity index is 773. The van der Waals surface area contributed by atoms with Crippen LogP contribution in [-0.2, 0) is 21.1 Å². The predicted molar refractivity (Wildman–Crippen MR) is 87.8 cm³/mol. The van der Waals surface area contributed by atoms with Crippen molar-refractivity contribution < 1.29 is 13.2 Å². The zero-order valence-corrected chi connectivity index (χ0v) is 13.7. The highest BCUT2D eigenvalue weighted by atomic mass is 32.2. The molecule has 0 fully saturated rings. The minimum Gasteiger partial charge on any atom is -0.325 e. The normalized spacial score (nSPS) is 11.2. The van der Waals surface area contributed by atoms with E-state index in [4.69, 9.17) is 0 Å². The lowest BCUT2D eigenvalue weighted by molar-refractivity contribution is -0.115. The Hall–Kier alpha value is -2.14. The Morgan fingerprint density at radius 2 is 1.55 bits per heavy atom. The van der Waals surface area contributed by atoms with Gasteiger partial charge < -0.3 is 5.32 Å². The number of carbonyl (C=O) groups is 1. The van der Waals surface area contributed by atoms with Crippen molar-refractivity contribution in [1.29, 1.82) is 0 Å². The fourth-order valence-corrected chi connectivity index (χ4v) is 2.87. The average molecular weight is 317 g/mol. The van der Waals surface area contributed by atoms with Crippen molar-refractivity contribution in [3.63, 3.8) is 0 Å². The Morgan fingerprint density at radius 1 is 1.00 bits per heavy atom. The molecule has 0 atom stereocenters. The van der Waals surface area contributed by atoms with Crippen LogP contribution >= 0.6 is 0 Å². The highest BCUT2D eigenvalue weighted by molar-refractivity contribution is 7.90. The number of rotatable bonds is 4. The standard InChI is InChI=1S/C17H19NO3S/c1-12-5-4-6-13(2)17(12)18-16(19)11-14-7-9-15(10-8-14)22(3,20)21/h4-10H,11H2,1-3H3,(H,18,19). The fraction of sp³-hybridized carbons (Fsp3) is 0.235. The van der Waals surface area contributed by atoms with Gasteiger partial charge in [0.2, 0.25) is 5.91 Å². The van der Waals surface area contributed by atoms with Gasteiger partial charge in [-0.3, -0.25) is 4.79 Å². The van der Waals surface area contributed by atoms with E-state index in [1.165, 1.54) is 12.1 Å². The summed E-state index contributed by atoms with van der Waals surface area (Å²) >= 11 is 0. The van der Waals surface area contributed by atoms with Gasteiger partial charge in [-0.25, -0.2) is 8.42 Å². The summed E-state index contributed by atoms with van der Waals surface area (Å²) < 4.78 is 22.8. The fourth-order valence-electron chi connectivity index (χ4n) is 2.24. The van der Waals surface area contributed by atoms with Gasteiger partial charge in [0.1, 0.15) is 0 Å². The largest absolute Gasteiger partial charge is 0.325 e. The minimum atomic E-state index is -3.21. The molecule has 0 spiro atoms. The molecule has 1 N–H and O–H groups in total. The van der Waals surface area contributed by atoms with Crippen LogP contribution in [0.25, 0.3) is 0 Å². The van der Waals surface area contributed by atoms with Crippen LogP contribution < -0.4 is 5.32 Å². The molecule has 2 rings (SSSR count). The van der Waals surface area contributed by atoms with Crippen molar-refractivity contribution >= 4 is 21.4 Å². The number of para-hydroxylation sites is 1. The number of benzene rings is 2. The first-order valence-electron chi connectivity index (χ1n) is 6.92. The van der Waals surface area contributed by atoms with Crippen LogP contribution in [0.3, 0.4) is 0 Å². The van der Waals surface area contributed by atoms with Crippen molar-refractivity contribution in [3.05, 3.63) is 59.2 Å². The monoisotopic (exact) mass is 317 g/mol. The maximum atomic E-state index is 12.1. The number of hydrogen-bond acceptors (Lipinski definition) is 3. The second-order valence-corrected chi connectivity index (χ2v) is 7.42. The summed E-state index contributed by atoms with van der Waals surface area (Å²) in [6, 6.07) is 12.2. The molecule has 2 aromatic rings. The second kappa shape index (κ2) is 6.32. The first-order chi connectivity index (χ1) is 10.3. The third-order valence-electron chi connectivity index (χ3n) is 3.46. The van der Waals surface area contributed by atoms with Gasteiger partial charge in [0.05, 0.1) is 11.3 Å². The number of amides is 1. The third kappa shape index (κ3) is 3.95. The molecule has 0 radical (unpaired) electrons. The van der Waals surface area contributed by atoms with Crippen molar-refractivity contribution in [1.82, 2.24) is 0 Å². The summed E-state index contributed by atoms with van der Waals surface area (Å²) in [5.74, 6) is -0.121. The summed E-state index contributed by atoms with van der Waals surface area (Å²) in [5.41, 5.74) is 3.64. The van der Waals surface area contributed by atoms with E-state index in [-0.39, 0.29) is 17.2 Å². The number of anilines is 1. The zero-order chi connectivity index (χ0) is 16.3. The highest BCUT2D eigenvalue weighted by Gasteiger charge is 2.10. The van der Waals surface area contributed by atoms with Crippen LogP contribution in [-0.4, -0.2) is 20.6 Å². The van der Waals surface area contributed by atoms with E-state index < -0.39 is 9.84 Å². The van der Waals surface area contributed by atoms with E-state index in [0.717, 1.165) is 28.6 Å². The van der Waals surface area contributed by atoms with Crippen LogP contribution in [0.4, 0.5) is 5.69 Å². The molecular weight excluding hydrogens is 298 g/mol. The van der Waals surface area contributed by atoms with Crippen LogP contribution in [0.1, 0.15) is 16.7 Å². The SMILES string of the molecule is Cc1cccc(C)c1NC(=O)Cc1ccc(S(C)(=O)=O)cc1. The Kier molecular flexibility index (Phi) is 4.66. The number of carbonyl (C=O) groups excluding carboxylic acids is 1. The van der Waals surface area contributed by atoms with Crippen LogP contribution in [0.15, 0.2) is 47.4 Å². The van der Waals surface area contributed by atoms with Crippen molar-refractivity contribution in [2.45, 2.75) is 25.2 Å². The van der Waals surface area contributed by atoms with Crippen molar-refractivity contribution in [2.24, 2.45) is 0 Å². The number of aryl methyl sites for hydroxylation is 2. The van der Waals surface area contributed by atoms with Gasteiger partial charge in [0, 0.05) is 11.9 Å². The molecule has 0 unspecified atom stereocenters. The third-order valence-corrected chi connectivity index (χ3v) is 4.59. The second-order valence-electron chi connectivity index (χ2n) is 5.41. The van der Waals surface area contributed by atoms with Gasteiger partial charge in [-0.2, -0.15) is 0 Å². The van der Waals surface area contributed by atoms with Gasteiger partial charge in [0.15, 0.2) is 9.84 Å². The molecule has 0 heterocycles. The van der Waals surface area contributed by atoms with Crippen molar-refractivity contribution in [2.75, 3.05) is 11.6 Å². The number of sulfone groups is 1. The first kappa shape index (κ1) is 16.2. The summed E-state index contributed by atoms with van der Waals surface area (Å²) in [4.78, 5) is 12.4. The maximum Gasteiger partial charge on any atom is 0.228 e. The Morgan fingerprint density at radius 3 is 2.05 bits per heavy atom. The quantitative estimate of drug-likeness (QED) is 0.943. The van der Waals surface area contributed by atoms with E-state index in [2.05, 4.69) is 5.32 Å². The Labute approximate surface area is 131 Å². The number of nitrogens with one attached hydrogen (secondary N) is 1. The lowest BCUT2D eigenvalue weighted by Crippen LogP contribution is -2.16. The smallest absolute Gasteiger partial charge is 0.228 e. The number of hydrogen-bond donors (Lipinski definition) is 1. The maximum absolute atomic E-state index is 12.1. The van der Waals surface area contributed by atoms with E-state index in [1.807, 2.05) is 32.0 Å². The summed E-state index contributed by atoms with van der Waals surface area (Å²) in [6.45, 7) is 3.90. The molecule has 116 valence electrons. The molecule has 5 heteroatoms. The molecule has 0 saturated carbocycles. The van der Waals surface area contributed by atoms with Crippen molar-refractivity contribution in [3.8, 4) is 0 Å². The van der Waals surface area contributed by atoms with E-state index in [9.17, 15) is 13.2 Å². The minimum absolute atomic E-state index is 0.121. The molecule has 1 amide bonds. The topological polar surface area (TPSA) is 63.2 Å². The molecule has 0 aromatic heterocycles. The molecule has 0 bridgehead atoms. The van der Waals surface area contributed by atoms with E-state index >= 15 is 0 Å². The lowest BCUT2D eigenvalue weighted by Gasteiger charge is -2.11. The average Bonchev–Trinajstić information content (AvgIpc) is 2.43. The van der Waals surface area contributed by atoms with Gasteiger partial charge >= 0.3 is 0 Å². The lowest BCUT2D eigenvalue weighted by atomic mass is 10.1. The Balaban J connectivity index is 2.10. The van der Waals surface area contributed by atoms with Crippen LogP contribution in [0, 0.1) is 13.8 Å². The van der Waals surface area contributed by atoms with Crippen LogP contribution in [0.2, 0.25) is 0 Å². The first-order valence-corrected chi connectivity index (χ1v) is 8.81. The van der Waals surface area contributed by atoms with Gasteiger partial charge in [0.25, 0.3) is 0 Å². The van der Waals surface area contributed by atoms with E-state index in [0.29, 0.717) is 0 Å². The van der Waals surface area contributed by atoms with Gasteiger partial charge in [-0.1, -0.05) is 30.3 Å². The molecule has 0 saturated heterocycles. The molecule has 0 aliphatic heterocycles. The highest BCUT2D eigenvalue weighted by Crippen LogP contribution is 2.20. The molecule has 0 aliphatic rings. The summed E-state index contributed by atoms with van der Waals surface area (Å²) in [6.07, 6.45) is 1.37. The van der Waals surface area contributed by atoms with E-state index in [1.54, 1.807) is 12.1 Å². The molecule has 2 aromatic carbocycles. The molecule has 4 nitrogen and oxygen atoms in total. The van der Waals surface area contributed by atoms with Crippen LogP contribution in [0.5, 0.6) is 0 Å². The van der Waals surface area contributed by atoms with Gasteiger partial charge in [-0.15, -0.1) is 0 Å². The molecule has 0 aliphatic carbocycles. The molecular formula is C17H19NO3S. The summed E-state index contributed by atoms with van der Waals surface area (Å²) in [7, 11) is -3.21. The van der Waals surface area contributed by atoms with Gasteiger partial charge in [-0.05, 0) is 42.7 Å². The predicted octanol–water partition coefficient (Wildman–Crippen LogP) is 2.89. The zero-order valence-electron chi connectivity index (χ0n) is 12.9. The summed E-state index contributed by atoms with van der Waals surface area (Å²) in [5, 5.41) is 2.91.